The third kappa shape index (κ3) is 5.94. The normalized spacial score (nSPS) is 19.9. The molecule has 1 amide bonds. The Hall–Kier alpha value is -1.62. The number of aromatic nitrogens is 1. The van der Waals surface area contributed by atoms with Crippen molar-refractivity contribution in [3.8, 4) is 5.88 Å². The van der Waals surface area contributed by atoms with Crippen molar-refractivity contribution in [3.63, 3.8) is 0 Å². The standard InChI is InChI=1S/C19H29N5O3.HI/c1-3-20-19(22-14-15-6-7-21-17(13-15)26-2)24-10-8-23(9-11-24)18(25)16-5-4-12-27-16;/h6-7,13,16H,3-5,8-12,14H2,1-2H3,(H,20,22);1H. The van der Waals surface area contributed by atoms with Gasteiger partial charge in [0.15, 0.2) is 5.96 Å². The molecule has 1 aromatic rings. The molecule has 1 N–H and O–H groups in total. The first kappa shape index (κ1) is 22.7. The van der Waals surface area contributed by atoms with Crippen molar-refractivity contribution in [2.45, 2.75) is 32.4 Å². The second-order valence-corrected chi connectivity index (χ2v) is 6.69. The van der Waals surface area contributed by atoms with Gasteiger partial charge in [0.1, 0.15) is 6.10 Å². The second-order valence-electron chi connectivity index (χ2n) is 6.69. The first-order valence-electron chi connectivity index (χ1n) is 9.64. The number of halogens is 1. The number of hydrogen-bond acceptors (Lipinski definition) is 5. The van der Waals surface area contributed by atoms with E-state index in [1.165, 1.54) is 0 Å². The van der Waals surface area contributed by atoms with Crippen molar-refractivity contribution >= 4 is 35.8 Å². The molecule has 1 aromatic heterocycles. The summed E-state index contributed by atoms with van der Waals surface area (Å²) in [6.45, 7) is 7.05. The Labute approximate surface area is 183 Å². The van der Waals surface area contributed by atoms with Crippen LogP contribution >= 0.6 is 24.0 Å². The number of carbonyl (C=O) groups is 1. The molecular formula is C19H30IN5O3. The van der Waals surface area contributed by atoms with Crippen LogP contribution in [0.25, 0.3) is 0 Å². The first-order valence-corrected chi connectivity index (χ1v) is 9.64. The smallest absolute Gasteiger partial charge is 0.251 e. The number of pyridine rings is 1. The Morgan fingerprint density at radius 2 is 2.11 bits per heavy atom. The van der Waals surface area contributed by atoms with Crippen molar-refractivity contribution < 1.29 is 14.3 Å². The minimum Gasteiger partial charge on any atom is -0.481 e. The molecule has 156 valence electrons. The minimum absolute atomic E-state index is 0. The number of hydrogen-bond donors (Lipinski definition) is 1. The number of rotatable bonds is 5. The molecule has 2 saturated heterocycles. The minimum atomic E-state index is -0.236. The van der Waals surface area contributed by atoms with Gasteiger partial charge in [-0.3, -0.25) is 4.79 Å². The molecule has 8 nitrogen and oxygen atoms in total. The Balaban J connectivity index is 0.00000280. The molecule has 0 saturated carbocycles. The van der Waals surface area contributed by atoms with E-state index in [1.54, 1.807) is 13.3 Å². The van der Waals surface area contributed by atoms with Crippen LogP contribution in [0.15, 0.2) is 23.3 Å². The molecule has 0 radical (unpaired) electrons. The van der Waals surface area contributed by atoms with Gasteiger partial charge in [-0.1, -0.05) is 0 Å². The highest BCUT2D eigenvalue weighted by molar-refractivity contribution is 14.0. The lowest BCUT2D eigenvalue weighted by molar-refractivity contribution is -0.142. The number of nitrogens with one attached hydrogen (secondary N) is 1. The van der Waals surface area contributed by atoms with E-state index in [9.17, 15) is 4.79 Å². The SMILES string of the molecule is CCNC(=NCc1ccnc(OC)c1)N1CCN(C(=O)C2CCCO2)CC1.I. The summed E-state index contributed by atoms with van der Waals surface area (Å²) in [5, 5.41) is 3.35. The van der Waals surface area contributed by atoms with Crippen LogP contribution in [0.3, 0.4) is 0 Å². The van der Waals surface area contributed by atoms with Gasteiger partial charge < -0.3 is 24.6 Å². The zero-order valence-electron chi connectivity index (χ0n) is 16.6. The number of aliphatic imine (C=N–C) groups is 1. The summed E-state index contributed by atoms with van der Waals surface area (Å²) in [7, 11) is 1.61. The van der Waals surface area contributed by atoms with Gasteiger partial charge >= 0.3 is 0 Å². The summed E-state index contributed by atoms with van der Waals surface area (Å²) in [5.41, 5.74) is 1.05. The van der Waals surface area contributed by atoms with Crippen molar-refractivity contribution in [2.75, 3.05) is 46.4 Å². The third-order valence-electron chi connectivity index (χ3n) is 4.85. The van der Waals surface area contributed by atoms with E-state index in [2.05, 4.69) is 22.1 Å². The lowest BCUT2D eigenvalue weighted by atomic mass is 10.2. The predicted molar refractivity (Wildman–Crippen MR) is 118 cm³/mol. The fraction of sp³-hybridized carbons (Fsp3) is 0.632. The maximum atomic E-state index is 12.5. The van der Waals surface area contributed by atoms with Gasteiger partial charge in [0.2, 0.25) is 5.88 Å². The molecule has 28 heavy (non-hydrogen) atoms. The van der Waals surface area contributed by atoms with Crippen molar-refractivity contribution in [1.29, 1.82) is 0 Å². The van der Waals surface area contributed by atoms with Crippen LogP contribution in [0.2, 0.25) is 0 Å². The van der Waals surface area contributed by atoms with Crippen LogP contribution in [0.4, 0.5) is 0 Å². The molecule has 9 heteroatoms. The molecule has 0 aliphatic carbocycles. The predicted octanol–water partition coefficient (Wildman–Crippen LogP) is 1.50. The van der Waals surface area contributed by atoms with Gasteiger partial charge in [-0.15, -0.1) is 24.0 Å². The lowest BCUT2D eigenvalue weighted by Crippen LogP contribution is -2.55. The third-order valence-corrected chi connectivity index (χ3v) is 4.85. The van der Waals surface area contributed by atoms with E-state index in [-0.39, 0.29) is 36.0 Å². The Morgan fingerprint density at radius 3 is 2.75 bits per heavy atom. The molecule has 3 heterocycles. The molecule has 2 aliphatic rings. The average Bonchev–Trinajstić information content (AvgIpc) is 3.26. The maximum Gasteiger partial charge on any atom is 0.251 e. The highest BCUT2D eigenvalue weighted by Gasteiger charge is 2.30. The van der Waals surface area contributed by atoms with E-state index >= 15 is 0 Å². The molecule has 1 unspecified atom stereocenters. The summed E-state index contributed by atoms with van der Waals surface area (Å²) in [6.07, 6.45) is 3.32. The number of piperazine rings is 1. The van der Waals surface area contributed by atoms with Gasteiger partial charge in [-0.25, -0.2) is 9.98 Å². The molecular weight excluding hydrogens is 473 g/mol. The number of methoxy groups -OCH3 is 1. The van der Waals surface area contributed by atoms with Crippen molar-refractivity contribution in [2.24, 2.45) is 4.99 Å². The second kappa shape index (κ2) is 11.4. The summed E-state index contributed by atoms with van der Waals surface area (Å²) in [4.78, 5) is 25.5. The Morgan fingerprint density at radius 1 is 1.36 bits per heavy atom. The van der Waals surface area contributed by atoms with Gasteiger partial charge in [0.05, 0.1) is 13.7 Å². The van der Waals surface area contributed by atoms with Crippen LogP contribution < -0.4 is 10.1 Å². The van der Waals surface area contributed by atoms with Gasteiger partial charge in [-0.2, -0.15) is 0 Å². The summed E-state index contributed by atoms with van der Waals surface area (Å²) in [5.74, 6) is 1.60. The van der Waals surface area contributed by atoms with E-state index < -0.39 is 0 Å². The molecule has 2 fully saturated rings. The van der Waals surface area contributed by atoms with Crippen molar-refractivity contribution in [1.82, 2.24) is 20.1 Å². The Bertz CT molecular complexity index is 659. The molecule has 1 atom stereocenters. The van der Waals surface area contributed by atoms with Gasteiger partial charge in [0, 0.05) is 51.6 Å². The largest absolute Gasteiger partial charge is 0.481 e. The van der Waals surface area contributed by atoms with E-state index in [4.69, 9.17) is 14.5 Å². The van der Waals surface area contributed by atoms with Crippen LogP contribution in [-0.4, -0.2) is 79.2 Å². The number of nitrogens with zero attached hydrogens (tertiary/aromatic N) is 4. The average molecular weight is 503 g/mol. The first-order chi connectivity index (χ1) is 13.2. The fourth-order valence-electron chi connectivity index (χ4n) is 3.37. The Kier molecular flexibility index (Phi) is 9.23. The number of ether oxygens (including phenoxy) is 2. The highest BCUT2D eigenvalue weighted by Crippen LogP contribution is 2.16. The highest BCUT2D eigenvalue weighted by atomic mass is 127. The molecule has 2 aliphatic heterocycles. The summed E-state index contributed by atoms with van der Waals surface area (Å²) >= 11 is 0. The molecule has 0 spiro atoms. The summed E-state index contributed by atoms with van der Waals surface area (Å²) < 4.78 is 10.7. The fourth-order valence-corrected chi connectivity index (χ4v) is 3.37. The van der Waals surface area contributed by atoms with Crippen LogP contribution in [0.1, 0.15) is 25.3 Å². The van der Waals surface area contributed by atoms with E-state index in [0.717, 1.165) is 44.0 Å². The maximum absolute atomic E-state index is 12.5. The summed E-state index contributed by atoms with van der Waals surface area (Å²) in [6, 6.07) is 3.83. The topological polar surface area (TPSA) is 79.3 Å². The lowest BCUT2D eigenvalue weighted by Gasteiger charge is -2.37. The van der Waals surface area contributed by atoms with E-state index in [1.807, 2.05) is 17.0 Å². The molecule has 3 rings (SSSR count). The number of amides is 1. The van der Waals surface area contributed by atoms with Gasteiger partial charge in [-0.05, 0) is 31.4 Å². The monoisotopic (exact) mass is 503 g/mol. The van der Waals surface area contributed by atoms with Crippen molar-refractivity contribution in [3.05, 3.63) is 23.9 Å². The zero-order chi connectivity index (χ0) is 19.1. The van der Waals surface area contributed by atoms with E-state index in [0.29, 0.717) is 32.1 Å². The van der Waals surface area contributed by atoms with Crippen LogP contribution in [-0.2, 0) is 16.1 Å². The molecule has 0 aromatic carbocycles. The number of carbonyl (C=O) groups excluding carboxylic acids is 1. The van der Waals surface area contributed by atoms with Gasteiger partial charge in [0.25, 0.3) is 5.91 Å². The zero-order valence-corrected chi connectivity index (χ0v) is 18.9. The quantitative estimate of drug-likeness (QED) is 0.373. The number of guanidine groups is 1. The van der Waals surface area contributed by atoms with Crippen LogP contribution in [0.5, 0.6) is 5.88 Å². The molecule has 0 bridgehead atoms. The van der Waals surface area contributed by atoms with Crippen LogP contribution in [0, 0.1) is 0 Å².